The molecule has 3 aromatic carbocycles. The number of benzene rings is 3. The van der Waals surface area contributed by atoms with Crippen molar-refractivity contribution >= 4 is 16.9 Å². The fraction of sp³-hybridized carbons (Fsp3) is 0.0882. The summed E-state index contributed by atoms with van der Waals surface area (Å²) in [6.07, 6.45) is 18.0. The Morgan fingerprint density at radius 1 is 0.641 bits per heavy atom. The molecule has 3 aromatic rings. The average Bonchev–Trinajstić information content (AvgIpc) is 3.70. The quantitative estimate of drug-likeness (QED) is 0.235. The van der Waals surface area contributed by atoms with Crippen LogP contribution in [0.4, 0.5) is 0 Å². The molecular weight excluding hydrogens is 528 g/mol. The Morgan fingerprint density at radius 2 is 1.08 bits per heavy atom. The maximum Gasteiger partial charge on any atom is 2.00 e. The molecule has 0 spiro atoms. The van der Waals surface area contributed by atoms with Crippen molar-refractivity contribution in [2.24, 2.45) is 0 Å². The number of hydrogen-bond donors (Lipinski definition) is 2. The third-order valence-electron chi connectivity index (χ3n) is 6.08. The Kier molecular flexibility index (Phi) is 12.2. The van der Waals surface area contributed by atoms with Gasteiger partial charge in [-0.15, -0.1) is 0 Å². The van der Waals surface area contributed by atoms with E-state index in [9.17, 15) is 15.0 Å². The van der Waals surface area contributed by atoms with Crippen LogP contribution < -0.4 is 4.74 Å². The number of rotatable bonds is 8. The van der Waals surface area contributed by atoms with Gasteiger partial charge in [0.1, 0.15) is 23.9 Å². The molecule has 2 saturated carbocycles. The number of carbonyl (C=O) groups excluding carboxylic acids is 1. The van der Waals surface area contributed by atoms with Gasteiger partial charge in [0, 0.05) is 0 Å². The first kappa shape index (κ1) is 30.5. The monoisotopic (exact) mass is 558 g/mol. The van der Waals surface area contributed by atoms with Crippen molar-refractivity contribution in [3.63, 3.8) is 0 Å². The van der Waals surface area contributed by atoms with Crippen LogP contribution in [0.5, 0.6) is 17.2 Å². The molecule has 2 N–H and O–H groups in total. The second-order valence-electron chi connectivity index (χ2n) is 8.67. The molecule has 0 saturated heterocycles. The van der Waals surface area contributed by atoms with Crippen molar-refractivity contribution < 1.29 is 36.8 Å². The molecule has 196 valence electrons. The second-order valence-corrected chi connectivity index (χ2v) is 8.67. The van der Waals surface area contributed by atoms with Crippen molar-refractivity contribution in [2.45, 2.75) is 13.3 Å². The maximum absolute atomic E-state index is 12.2. The summed E-state index contributed by atoms with van der Waals surface area (Å²) in [5.74, 6) is 1.63. The largest absolute Gasteiger partial charge is 2.00 e. The summed E-state index contributed by atoms with van der Waals surface area (Å²) in [4.78, 5) is 12.2. The first-order valence-corrected chi connectivity index (χ1v) is 12.5. The fourth-order valence-electron chi connectivity index (χ4n) is 4.16. The predicted molar refractivity (Wildman–Crippen MR) is 151 cm³/mol. The van der Waals surface area contributed by atoms with Crippen LogP contribution in [-0.4, -0.2) is 22.6 Å². The summed E-state index contributed by atoms with van der Waals surface area (Å²) in [6.45, 7) is 2.08. The van der Waals surface area contributed by atoms with E-state index in [2.05, 4.69) is 6.92 Å². The zero-order valence-corrected chi connectivity index (χ0v) is 22.7. The SMILES string of the molecule is CC/C(=C(/c1ccc(O)cc1)c1ccc(OCC(=O)[C]2[CH][CH][CH][CH]2)cc1)c1ccc(O)cc1.[CH]1[CH][CH][CH][CH]1.[Fe+2]. The minimum absolute atomic E-state index is 0. The van der Waals surface area contributed by atoms with E-state index < -0.39 is 0 Å². The molecule has 0 bridgehead atoms. The van der Waals surface area contributed by atoms with E-state index in [1.54, 1.807) is 37.1 Å². The molecule has 10 radical (unpaired) electrons. The van der Waals surface area contributed by atoms with Crippen molar-refractivity contribution in [3.8, 4) is 17.2 Å². The van der Waals surface area contributed by atoms with Gasteiger partial charge in [0.15, 0.2) is 5.78 Å². The molecule has 4 nitrogen and oxygen atoms in total. The number of phenols is 2. The van der Waals surface area contributed by atoms with E-state index in [0.29, 0.717) is 11.7 Å². The van der Waals surface area contributed by atoms with Gasteiger partial charge in [-0.25, -0.2) is 0 Å². The smallest absolute Gasteiger partial charge is 0.508 e. The van der Waals surface area contributed by atoms with Gasteiger partial charge in [-0.1, -0.05) is 43.3 Å². The Morgan fingerprint density at radius 3 is 1.54 bits per heavy atom. The third-order valence-corrected chi connectivity index (χ3v) is 6.08. The minimum atomic E-state index is -0.0608. The number of allylic oxidation sites excluding steroid dienone is 1. The number of carbonyl (C=O) groups is 1. The molecule has 0 aliphatic heterocycles. The van der Waals surface area contributed by atoms with Crippen LogP contribution in [0.3, 0.4) is 0 Å². The van der Waals surface area contributed by atoms with Crippen LogP contribution in [0.25, 0.3) is 11.1 Å². The predicted octanol–water partition coefficient (Wildman–Crippen LogP) is 6.84. The first-order chi connectivity index (χ1) is 18.5. The van der Waals surface area contributed by atoms with Crippen LogP contribution in [0, 0.1) is 63.7 Å². The van der Waals surface area contributed by atoms with Gasteiger partial charge >= 0.3 is 17.1 Å². The summed E-state index contributed by atoms with van der Waals surface area (Å²) in [6, 6.07) is 22.0. The van der Waals surface area contributed by atoms with Crippen LogP contribution >= 0.6 is 0 Å². The van der Waals surface area contributed by atoms with Crippen LogP contribution in [0.2, 0.25) is 0 Å². The van der Waals surface area contributed by atoms with E-state index >= 15 is 0 Å². The van der Waals surface area contributed by atoms with Crippen LogP contribution in [0.15, 0.2) is 72.8 Å². The first-order valence-electron chi connectivity index (χ1n) is 12.5. The van der Waals surface area contributed by atoms with Crippen molar-refractivity contribution in [1.29, 1.82) is 0 Å². The molecule has 2 fully saturated rings. The van der Waals surface area contributed by atoms with Crippen molar-refractivity contribution in [3.05, 3.63) is 153 Å². The van der Waals surface area contributed by atoms with Crippen molar-refractivity contribution in [2.75, 3.05) is 6.61 Å². The number of ketones is 1. The standard InChI is InChI=1S/C29H25O4.C5H5.Fe/c1-2-27(20-7-13-24(30)14-8-20)29(22-9-15-25(31)16-10-22)23-11-17-26(18-12-23)33-19-28(32)21-5-3-4-6-21;1-2-4-5-3-1;/h3-18,30-31H,2,19H2,1H3;1-5H;/q;;+2/b29-27+;;. The zero-order valence-electron chi connectivity index (χ0n) is 21.6. The molecule has 5 heteroatoms. The van der Waals surface area contributed by atoms with E-state index in [1.165, 1.54) is 0 Å². The molecule has 0 amide bonds. The molecule has 5 rings (SSSR count). The van der Waals surface area contributed by atoms with Crippen LogP contribution in [0.1, 0.15) is 30.0 Å². The molecule has 2 aliphatic rings. The van der Waals surface area contributed by atoms with Gasteiger partial charge in [-0.3, -0.25) is 4.79 Å². The van der Waals surface area contributed by atoms with Gasteiger partial charge in [0.25, 0.3) is 0 Å². The normalized spacial score (nSPS) is 15.5. The zero-order chi connectivity index (χ0) is 26.7. The Balaban J connectivity index is 0.000000630. The Labute approximate surface area is 243 Å². The van der Waals surface area contributed by atoms with E-state index in [-0.39, 0.29) is 41.0 Å². The van der Waals surface area contributed by atoms with E-state index in [1.807, 2.05) is 93.5 Å². The summed E-state index contributed by atoms with van der Waals surface area (Å²) in [7, 11) is 0. The van der Waals surface area contributed by atoms with E-state index in [0.717, 1.165) is 34.3 Å². The number of hydrogen-bond acceptors (Lipinski definition) is 4. The molecular formula is C34H30FeO4+2. The fourth-order valence-corrected chi connectivity index (χ4v) is 4.16. The number of phenolic OH excluding ortho intramolecular Hbond substituents is 2. The Hall–Kier alpha value is -3.01. The van der Waals surface area contributed by atoms with Gasteiger partial charge in [-0.2, -0.15) is 0 Å². The minimum Gasteiger partial charge on any atom is -0.508 e. The molecule has 39 heavy (non-hydrogen) atoms. The van der Waals surface area contributed by atoms with E-state index in [4.69, 9.17) is 4.74 Å². The number of aromatic hydroxyl groups is 2. The summed E-state index contributed by atoms with van der Waals surface area (Å²) >= 11 is 0. The summed E-state index contributed by atoms with van der Waals surface area (Å²) in [5, 5.41) is 19.5. The van der Waals surface area contributed by atoms with Gasteiger partial charge < -0.3 is 14.9 Å². The van der Waals surface area contributed by atoms with Crippen molar-refractivity contribution in [1.82, 2.24) is 0 Å². The number of Topliss-reactive ketones (excluding diaryl/α,β-unsaturated/α-hetero) is 1. The third kappa shape index (κ3) is 8.74. The molecule has 0 unspecified atom stereocenters. The number of ether oxygens (including phenoxy) is 1. The van der Waals surface area contributed by atoms with Crippen LogP contribution in [-0.2, 0) is 21.9 Å². The van der Waals surface area contributed by atoms with Gasteiger partial charge in [0.05, 0.1) is 5.92 Å². The average molecular weight is 558 g/mol. The van der Waals surface area contributed by atoms with Gasteiger partial charge in [0.2, 0.25) is 0 Å². The second kappa shape index (κ2) is 15.5. The summed E-state index contributed by atoms with van der Waals surface area (Å²) in [5.41, 5.74) is 5.11. The molecule has 0 atom stereocenters. The maximum atomic E-state index is 12.2. The molecule has 0 heterocycles. The molecule has 0 aromatic heterocycles. The van der Waals surface area contributed by atoms with Gasteiger partial charge in [-0.05, 0) is 128 Å². The molecule has 2 aliphatic carbocycles. The topological polar surface area (TPSA) is 66.8 Å². The Bertz CT molecular complexity index is 1180. The summed E-state index contributed by atoms with van der Waals surface area (Å²) < 4.78 is 5.71.